The molecule has 1 amide bonds. The summed E-state index contributed by atoms with van der Waals surface area (Å²) in [6, 6.07) is 10.8. The molecule has 0 fully saturated rings. The summed E-state index contributed by atoms with van der Waals surface area (Å²) in [7, 11) is 0. The van der Waals surface area contributed by atoms with Gasteiger partial charge in [-0.15, -0.1) is 0 Å². The van der Waals surface area contributed by atoms with Gasteiger partial charge in [-0.1, -0.05) is 35.3 Å². The number of hydrazone groups is 1. The fraction of sp³-hybridized carbons (Fsp3) is 0.176. The summed E-state index contributed by atoms with van der Waals surface area (Å²) in [5.41, 5.74) is 6.93. The second-order valence-corrected chi connectivity index (χ2v) is 5.90. The summed E-state index contributed by atoms with van der Waals surface area (Å²) in [5, 5.41) is 4.91. The van der Waals surface area contributed by atoms with E-state index in [-0.39, 0.29) is 5.91 Å². The Labute approximate surface area is 139 Å². The Balaban J connectivity index is 2.16. The lowest BCUT2D eigenvalue weighted by atomic mass is 10.0. The van der Waals surface area contributed by atoms with Crippen LogP contribution in [0.2, 0.25) is 10.0 Å². The van der Waals surface area contributed by atoms with Gasteiger partial charge in [0.1, 0.15) is 0 Å². The number of carbonyl (C=O) groups is 1. The molecular formula is C17H16Cl2N2O. The molecule has 0 atom stereocenters. The molecule has 0 unspecified atom stereocenters. The molecule has 1 N–H and O–H groups in total. The molecule has 0 aliphatic rings. The van der Waals surface area contributed by atoms with Crippen LogP contribution in [-0.2, 0) is 0 Å². The average Bonchev–Trinajstić information content (AvgIpc) is 2.47. The number of rotatable bonds is 3. The second kappa shape index (κ2) is 6.95. The van der Waals surface area contributed by atoms with Gasteiger partial charge in [0.05, 0.1) is 16.3 Å². The van der Waals surface area contributed by atoms with Gasteiger partial charge in [0.2, 0.25) is 0 Å². The van der Waals surface area contributed by atoms with Gasteiger partial charge in [-0.3, -0.25) is 4.79 Å². The van der Waals surface area contributed by atoms with Crippen LogP contribution in [0.15, 0.2) is 41.5 Å². The number of nitrogens with one attached hydrogen (secondary N) is 1. The third-order valence-corrected chi connectivity index (χ3v) is 3.97. The minimum atomic E-state index is -0.371. The summed E-state index contributed by atoms with van der Waals surface area (Å²) >= 11 is 11.8. The molecule has 0 radical (unpaired) electrons. The van der Waals surface area contributed by atoms with E-state index in [0.717, 1.165) is 11.3 Å². The van der Waals surface area contributed by atoms with E-state index in [1.54, 1.807) is 12.1 Å². The summed E-state index contributed by atoms with van der Waals surface area (Å²) in [6.45, 7) is 5.93. The van der Waals surface area contributed by atoms with Gasteiger partial charge in [-0.25, -0.2) is 5.43 Å². The number of benzene rings is 2. The van der Waals surface area contributed by atoms with Crippen molar-refractivity contribution in [3.05, 3.63) is 68.7 Å². The van der Waals surface area contributed by atoms with Crippen molar-refractivity contribution in [2.75, 3.05) is 0 Å². The zero-order chi connectivity index (χ0) is 16.3. The third-order valence-electron chi connectivity index (χ3n) is 3.43. The predicted molar refractivity (Wildman–Crippen MR) is 92.1 cm³/mol. The zero-order valence-corrected chi connectivity index (χ0v) is 14.1. The number of aryl methyl sites for hydroxylation is 2. The van der Waals surface area contributed by atoms with E-state index in [4.69, 9.17) is 23.2 Å². The van der Waals surface area contributed by atoms with Gasteiger partial charge < -0.3 is 0 Å². The molecule has 3 nitrogen and oxygen atoms in total. The highest BCUT2D eigenvalue weighted by atomic mass is 35.5. The third kappa shape index (κ3) is 3.87. The molecule has 0 aliphatic carbocycles. The van der Waals surface area contributed by atoms with Crippen LogP contribution in [0.25, 0.3) is 0 Å². The summed E-state index contributed by atoms with van der Waals surface area (Å²) < 4.78 is 0. The van der Waals surface area contributed by atoms with E-state index in [9.17, 15) is 4.79 Å². The van der Waals surface area contributed by atoms with Gasteiger partial charge in [0.25, 0.3) is 5.91 Å². The van der Waals surface area contributed by atoms with Crippen LogP contribution in [0.5, 0.6) is 0 Å². The number of amides is 1. The van der Waals surface area contributed by atoms with Crippen molar-refractivity contribution in [2.24, 2.45) is 5.10 Å². The maximum Gasteiger partial charge on any atom is 0.272 e. The van der Waals surface area contributed by atoms with Crippen LogP contribution in [0.4, 0.5) is 0 Å². The van der Waals surface area contributed by atoms with Gasteiger partial charge in [-0.05, 0) is 61.7 Å². The van der Waals surface area contributed by atoms with Crippen molar-refractivity contribution in [2.45, 2.75) is 20.8 Å². The van der Waals surface area contributed by atoms with Crippen molar-refractivity contribution in [1.82, 2.24) is 5.43 Å². The smallest absolute Gasteiger partial charge is 0.267 e. The number of hydrogen-bond donors (Lipinski definition) is 1. The minimum absolute atomic E-state index is 0.295. The number of halogens is 2. The van der Waals surface area contributed by atoms with E-state index in [1.165, 1.54) is 17.2 Å². The molecule has 0 spiro atoms. The Morgan fingerprint density at radius 1 is 1.05 bits per heavy atom. The van der Waals surface area contributed by atoms with Gasteiger partial charge in [-0.2, -0.15) is 5.10 Å². The normalized spacial score (nSPS) is 11.4. The molecule has 0 saturated carbocycles. The van der Waals surface area contributed by atoms with Crippen molar-refractivity contribution < 1.29 is 4.79 Å². The lowest BCUT2D eigenvalue weighted by Gasteiger charge is -2.06. The average molecular weight is 335 g/mol. The Bertz CT molecular complexity index is 754. The molecule has 5 heteroatoms. The molecule has 0 heterocycles. The van der Waals surface area contributed by atoms with Crippen molar-refractivity contribution in [3.8, 4) is 0 Å². The standard InChI is InChI=1S/C17H16Cl2N2O/c1-10-4-5-13(8-11(10)2)12(3)20-21-17(22)15-7-6-14(18)9-16(15)19/h4-9H,1-3H3,(H,21,22). The van der Waals surface area contributed by atoms with Crippen LogP contribution in [-0.4, -0.2) is 11.6 Å². The van der Waals surface area contributed by atoms with Crippen LogP contribution in [0.3, 0.4) is 0 Å². The van der Waals surface area contributed by atoms with E-state index in [1.807, 2.05) is 32.0 Å². The Morgan fingerprint density at radius 3 is 2.41 bits per heavy atom. The van der Waals surface area contributed by atoms with Crippen LogP contribution in [0.1, 0.15) is 34.0 Å². The van der Waals surface area contributed by atoms with E-state index >= 15 is 0 Å². The Kier molecular flexibility index (Phi) is 5.22. The van der Waals surface area contributed by atoms with E-state index in [0.29, 0.717) is 15.6 Å². The van der Waals surface area contributed by atoms with Crippen LogP contribution in [0, 0.1) is 13.8 Å². The molecule has 114 valence electrons. The van der Waals surface area contributed by atoms with Crippen LogP contribution < -0.4 is 5.43 Å². The minimum Gasteiger partial charge on any atom is -0.267 e. The van der Waals surface area contributed by atoms with Gasteiger partial charge >= 0.3 is 0 Å². The molecule has 0 aliphatic heterocycles. The maximum absolute atomic E-state index is 12.1. The molecular weight excluding hydrogens is 319 g/mol. The fourth-order valence-corrected chi connectivity index (χ4v) is 2.39. The first-order valence-corrected chi connectivity index (χ1v) is 7.51. The van der Waals surface area contributed by atoms with Gasteiger partial charge in [0.15, 0.2) is 0 Å². The van der Waals surface area contributed by atoms with E-state index in [2.05, 4.69) is 17.5 Å². The second-order valence-electron chi connectivity index (χ2n) is 5.06. The van der Waals surface area contributed by atoms with Gasteiger partial charge in [0, 0.05) is 5.02 Å². The summed E-state index contributed by atoms with van der Waals surface area (Å²) in [6.07, 6.45) is 0. The molecule has 2 aromatic carbocycles. The molecule has 0 aromatic heterocycles. The number of nitrogens with zero attached hydrogens (tertiary/aromatic N) is 1. The monoisotopic (exact) mass is 334 g/mol. The molecule has 0 saturated heterocycles. The van der Waals surface area contributed by atoms with Crippen molar-refractivity contribution in [1.29, 1.82) is 0 Å². The zero-order valence-electron chi connectivity index (χ0n) is 12.6. The maximum atomic E-state index is 12.1. The fourth-order valence-electron chi connectivity index (χ4n) is 1.90. The molecule has 0 bridgehead atoms. The number of carbonyl (C=O) groups excluding carboxylic acids is 1. The highest BCUT2D eigenvalue weighted by Crippen LogP contribution is 2.20. The van der Waals surface area contributed by atoms with Crippen LogP contribution >= 0.6 is 23.2 Å². The topological polar surface area (TPSA) is 41.5 Å². The highest BCUT2D eigenvalue weighted by molar-refractivity contribution is 6.36. The largest absolute Gasteiger partial charge is 0.272 e. The lowest BCUT2D eigenvalue weighted by Crippen LogP contribution is -2.19. The van der Waals surface area contributed by atoms with E-state index < -0.39 is 0 Å². The van der Waals surface area contributed by atoms with Crippen molar-refractivity contribution in [3.63, 3.8) is 0 Å². The highest BCUT2D eigenvalue weighted by Gasteiger charge is 2.10. The predicted octanol–water partition coefficient (Wildman–Crippen LogP) is 4.76. The molecule has 2 rings (SSSR count). The Hall–Kier alpha value is -1.84. The molecule has 2 aromatic rings. The SMILES string of the molecule is CC(=NNC(=O)c1ccc(Cl)cc1Cl)c1ccc(C)c(C)c1. The summed E-state index contributed by atoms with van der Waals surface area (Å²) in [5.74, 6) is -0.371. The lowest BCUT2D eigenvalue weighted by molar-refractivity contribution is 0.0955. The quantitative estimate of drug-likeness (QED) is 0.637. The number of hydrogen-bond acceptors (Lipinski definition) is 2. The Morgan fingerprint density at radius 2 is 1.77 bits per heavy atom. The summed E-state index contributed by atoms with van der Waals surface area (Å²) in [4.78, 5) is 12.1. The first-order chi connectivity index (χ1) is 10.4. The molecule has 22 heavy (non-hydrogen) atoms. The first kappa shape index (κ1) is 16.5. The first-order valence-electron chi connectivity index (χ1n) is 6.76. The van der Waals surface area contributed by atoms with Crippen molar-refractivity contribution >= 4 is 34.8 Å².